The first-order valence-electron chi connectivity index (χ1n) is 8.70. The van der Waals surface area contributed by atoms with Crippen molar-refractivity contribution in [1.29, 1.82) is 0 Å². The van der Waals surface area contributed by atoms with Gasteiger partial charge in [-0.1, -0.05) is 6.92 Å². The lowest BCUT2D eigenvalue weighted by Gasteiger charge is -2.08. The minimum Gasteiger partial charge on any atom is -0.492 e. The average Bonchev–Trinajstić information content (AvgIpc) is 3.27. The largest absolute Gasteiger partial charge is 0.492 e. The van der Waals surface area contributed by atoms with Gasteiger partial charge in [-0.3, -0.25) is 4.79 Å². The summed E-state index contributed by atoms with van der Waals surface area (Å²) < 4.78 is 33.2. The fourth-order valence-corrected chi connectivity index (χ4v) is 3.03. The van der Waals surface area contributed by atoms with Crippen LogP contribution in [-0.2, 0) is 11.3 Å². The van der Waals surface area contributed by atoms with Crippen molar-refractivity contribution < 1.29 is 18.3 Å². The van der Waals surface area contributed by atoms with Gasteiger partial charge in [0, 0.05) is 27.6 Å². The highest BCUT2D eigenvalue weighted by atomic mass is 19.1. The maximum atomic E-state index is 14.5. The fourth-order valence-electron chi connectivity index (χ4n) is 3.03. The molecule has 4 rings (SSSR count). The molecule has 140 valence electrons. The van der Waals surface area contributed by atoms with Gasteiger partial charge in [0.25, 0.3) is 5.95 Å². The molecular formula is C20H19F2N3O2. The number of aromatic amines is 1. The Morgan fingerprint density at radius 2 is 2.07 bits per heavy atom. The van der Waals surface area contributed by atoms with Crippen molar-refractivity contribution in [1.82, 2.24) is 15.3 Å². The highest BCUT2D eigenvalue weighted by molar-refractivity contribution is 5.86. The van der Waals surface area contributed by atoms with Crippen molar-refractivity contribution in [3.63, 3.8) is 0 Å². The predicted molar refractivity (Wildman–Crippen MR) is 97.2 cm³/mol. The minimum atomic E-state index is -0.794. The third-order valence-electron chi connectivity index (χ3n) is 5.06. The normalized spacial score (nSPS) is 15.0. The molecule has 1 aliphatic rings. The highest BCUT2D eigenvalue weighted by Crippen LogP contribution is 2.45. The summed E-state index contributed by atoms with van der Waals surface area (Å²) in [5.41, 5.74) is 1.58. The van der Waals surface area contributed by atoms with Crippen molar-refractivity contribution in [3.05, 3.63) is 47.8 Å². The molecule has 1 fully saturated rings. The van der Waals surface area contributed by atoms with Crippen LogP contribution in [0.5, 0.6) is 5.75 Å². The van der Waals surface area contributed by atoms with Crippen LogP contribution >= 0.6 is 0 Å². The lowest BCUT2D eigenvalue weighted by Crippen LogP contribution is -2.29. The predicted octanol–water partition coefficient (Wildman–Crippen LogP) is 3.93. The number of hydrogen-bond acceptors (Lipinski definition) is 3. The van der Waals surface area contributed by atoms with Gasteiger partial charge in [0.2, 0.25) is 5.91 Å². The number of hydrogen-bond donors (Lipinski definition) is 2. The number of rotatable bonds is 5. The number of methoxy groups -OCH3 is 1. The van der Waals surface area contributed by atoms with Crippen LogP contribution in [0, 0.1) is 17.2 Å². The summed E-state index contributed by atoms with van der Waals surface area (Å²) in [6, 6.07) is 7.67. The first-order chi connectivity index (χ1) is 12.9. The quantitative estimate of drug-likeness (QED) is 0.668. The number of H-pyrrole nitrogens is 1. The van der Waals surface area contributed by atoms with Gasteiger partial charge in [-0.2, -0.15) is 4.39 Å². The van der Waals surface area contributed by atoms with Crippen molar-refractivity contribution in [3.8, 4) is 17.0 Å². The van der Waals surface area contributed by atoms with E-state index in [-0.39, 0.29) is 28.3 Å². The molecule has 0 atom stereocenters. The van der Waals surface area contributed by atoms with E-state index in [1.807, 2.05) is 6.92 Å². The smallest absolute Gasteiger partial charge is 0.255 e. The summed E-state index contributed by atoms with van der Waals surface area (Å²) in [6.07, 6.45) is 1.82. The van der Waals surface area contributed by atoms with Crippen LogP contribution in [0.15, 0.2) is 30.3 Å². The van der Waals surface area contributed by atoms with Crippen LogP contribution in [0.2, 0.25) is 0 Å². The molecule has 3 aromatic rings. The minimum absolute atomic E-state index is 0.00231. The molecule has 5 nitrogen and oxygen atoms in total. The van der Waals surface area contributed by atoms with Crippen molar-refractivity contribution in [2.24, 2.45) is 5.41 Å². The first kappa shape index (κ1) is 17.5. The number of aromatic nitrogens is 2. The molecule has 7 heteroatoms. The summed E-state index contributed by atoms with van der Waals surface area (Å²) in [4.78, 5) is 19.0. The Morgan fingerprint density at radius 3 is 2.74 bits per heavy atom. The number of benzene rings is 1. The molecule has 0 radical (unpaired) electrons. The van der Waals surface area contributed by atoms with Gasteiger partial charge in [0.05, 0.1) is 19.3 Å². The zero-order chi connectivity index (χ0) is 19.2. The summed E-state index contributed by atoms with van der Waals surface area (Å²) >= 11 is 0. The van der Waals surface area contributed by atoms with E-state index in [9.17, 15) is 13.6 Å². The Kier molecular flexibility index (Phi) is 4.09. The second kappa shape index (κ2) is 6.33. The molecule has 1 aromatic carbocycles. The van der Waals surface area contributed by atoms with Crippen LogP contribution < -0.4 is 10.1 Å². The number of nitrogens with one attached hydrogen (secondary N) is 2. The van der Waals surface area contributed by atoms with Crippen LogP contribution in [0.4, 0.5) is 8.78 Å². The molecule has 1 saturated carbocycles. The standard InChI is InChI=1S/C20H19F2N3O2/c1-20(5-6-20)19(26)23-10-12-7-11-8-14(21)13(9-16(11)24-12)15-3-4-17(27-2)18(22)25-15/h3-4,7-9,24H,5-6,10H2,1-2H3,(H,23,26). The Hall–Kier alpha value is -2.96. The number of amides is 1. The second-order valence-corrected chi connectivity index (χ2v) is 7.15. The van der Waals surface area contributed by atoms with E-state index in [4.69, 9.17) is 4.74 Å². The van der Waals surface area contributed by atoms with Gasteiger partial charge in [0.1, 0.15) is 5.82 Å². The number of nitrogens with zero attached hydrogens (tertiary/aromatic N) is 1. The fraction of sp³-hybridized carbons (Fsp3) is 0.300. The van der Waals surface area contributed by atoms with E-state index in [2.05, 4.69) is 15.3 Å². The van der Waals surface area contributed by atoms with Gasteiger partial charge in [0.15, 0.2) is 5.75 Å². The zero-order valence-corrected chi connectivity index (χ0v) is 15.0. The molecule has 2 N–H and O–H groups in total. The van der Waals surface area contributed by atoms with E-state index in [1.165, 1.54) is 25.3 Å². The number of ether oxygens (including phenoxy) is 1. The number of pyridine rings is 1. The molecule has 0 saturated heterocycles. The van der Waals surface area contributed by atoms with Gasteiger partial charge >= 0.3 is 0 Å². The highest BCUT2D eigenvalue weighted by Gasteiger charge is 2.44. The molecule has 0 bridgehead atoms. The van der Waals surface area contributed by atoms with Crippen LogP contribution in [-0.4, -0.2) is 23.0 Å². The zero-order valence-electron chi connectivity index (χ0n) is 15.0. The first-order valence-corrected chi connectivity index (χ1v) is 8.70. The molecule has 0 aliphatic heterocycles. The third-order valence-corrected chi connectivity index (χ3v) is 5.06. The number of carbonyl (C=O) groups excluding carboxylic acids is 1. The molecule has 0 unspecified atom stereocenters. The lowest BCUT2D eigenvalue weighted by atomic mass is 10.1. The van der Waals surface area contributed by atoms with Gasteiger partial charge in [-0.15, -0.1) is 0 Å². The topological polar surface area (TPSA) is 67.0 Å². The monoisotopic (exact) mass is 371 g/mol. The number of carbonyl (C=O) groups is 1. The average molecular weight is 371 g/mol. The summed E-state index contributed by atoms with van der Waals surface area (Å²) in [5, 5.41) is 3.58. The van der Waals surface area contributed by atoms with E-state index in [0.717, 1.165) is 18.5 Å². The maximum Gasteiger partial charge on any atom is 0.255 e. The molecule has 1 amide bonds. The van der Waals surface area contributed by atoms with Crippen LogP contribution in [0.1, 0.15) is 25.5 Å². The van der Waals surface area contributed by atoms with Crippen molar-refractivity contribution in [2.75, 3.05) is 7.11 Å². The van der Waals surface area contributed by atoms with Crippen molar-refractivity contribution in [2.45, 2.75) is 26.3 Å². The lowest BCUT2D eigenvalue weighted by molar-refractivity contribution is -0.125. The maximum absolute atomic E-state index is 14.5. The SMILES string of the molecule is COc1ccc(-c2cc3[nH]c(CNC(=O)C4(C)CC4)cc3cc2F)nc1F. The molecule has 2 heterocycles. The van der Waals surface area contributed by atoms with E-state index >= 15 is 0 Å². The summed E-state index contributed by atoms with van der Waals surface area (Å²) in [7, 11) is 1.34. The third kappa shape index (κ3) is 3.25. The molecular weight excluding hydrogens is 352 g/mol. The van der Waals surface area contributed by atoms with E-state index < -0.39 is 11.8 Å². The van der Waals surface area contributed by atoms with E-state index in [0.29, 0.717) is 17.4 Å². The van der Waals surface area contributed by atoms with E-state index in [1.54, 1.807) is 12.1 Å². The molecule has 27 heavy (non-hydrogen) atoms. The second-order valence-electron chi connectivity index (χ2n) is 7.15. The Morgan fingerprint density at radius 1 is 1.30 bits per heavy atom. The Labute approximate surface area is 154 Å². The number of fused-ring (bicyclic) bond motifs is 1. The van der Waals surface area contributed by atoms with Crippen molar-refractivity contribution >= 4 is 16.8 Å². The van der Waals surface area contributed by atoms with Gasteiger partial charge in [-0.25, -0.2) is 9.37 Å². The Balaban J connectivity index is 1.61. The summed E-state index contributed by atoms with van der Waals surface area (Å²) in [6.45, 7) is 2.28. The van der Waals surface area contributed by atoms with Gasteiger partial charge in [-0.05, 0) is 43.2 Å². The van der Waals surface area contributed by atoms with Crippen LogP contribution in [0.25, 0.3) is 22.2 Å². The summed E-state index contributed by atoms with van der Waals surface area (Å²) in [5.74, 6) is -1.26. The van der Waals surface area contributed by atoms with Crippen LogP contribution in [0.3, 0.4) is 0 Å². The molecule has 1 aliphatic carbocycles. The number of halogens is 2. The molecule has 0 spiro atoms. The Bertz CT molecular complexity index is 1040. The van der Waals surface area contributed by atoms with Gasteiger partial charge < -0.3 is 15.0 Å². The molecule has 2 aromatic heterocycles.